The third kappa shape index (κ3) is 2.24. The number of nitrogens with one attached hydrogen (secondary N) is 1. The van der Waals surface area contributed by atoms with Gasteiger partial charge in [-0.3, -0.25) is 9.59 Å². The second-order valence-electron chi connectivity index (χ2n) is 3.88. The highest BCUT2D eigenvalue weighted by Crippen LogP contribution is 2.10. The molecule has 0 aliphatic carbocycles. The topological polar surface area (TPSA) is 62.6 Å². The molecule has 0 unspecified atom stereocenters. The van der Waals surface area contributed by atoms with Gasteiger partial charge >= 0.3 is 0 Å². The molecular weight excluding hydrogens is 208 g/mol. The third-order valence-corrected chi connectivity index (χ3v) is 2.53. The van der Waals surface area contributed by atoms with Crippen molar-refractivity contribution in [2.75, 3.05) is 19.6 Å². The van der Waals surface area contributed by atoms with Crippen LogP contribution < -0.4 is 5.32 Å². The molecule has 1 N–H and O–H groups in total. The molecule has 2 amide bonds. The van der Waals surface area contributed by atoms with Crippen LogP contribution in [0.4, 0.5) is 0 Å². The zero-order valence-corrected chi connectivity index (χ0v) is 9.16. The van der Waals surface area contributed by atoms with Crippen molar-refractivity contribution in [2.45, 2.75) is 13.3 Å². The van der Waals surface area contributed by atoms with Gasteiger partial charge in [0.25, 0.3) is 5.91 Å². The smallest absolute Gasteiger partial charge is 0.257 e. The van der Waals surface area contributed by atoms with Crippen molar-refractivity contribution < 1.29 is 14.0 Å². The van der Waals surface area contributed by atoms with E-state index in [1.165, 1.54) is 6.26 Å². The van der Waals surface area contributed by atoms with Crippen LogP contribution in [0.2, 0.25) is 0 Å². The Morgan fingerprint density at radius 1 is 1.56 bits per heavy atom. The van der Waals surface area contributed by atoms with E-state index in [2.05, 4.69) is 5.32 Å². The summed E-state index contributed by atoms with van der Waals surface area (Å²) in [6, 6.07) is 1.69. The maximum Gasteiger partial charge on any atom is 0.257 e. The second-order valence-corrected chi connectivity index (χ2v) is 3.88. The van der Waals surface area contributed by atoms with E-state index in [9.17, 15) is 9.59 Å². The Bertz CT molecular complexity index is 411. The number of amides is 2. The van der Waals surface area contributed by atoms with E-state index >= 15 is 0 Å². The minimum atomic E-state index is -0.145. The van der Waals surface area contributed by atoms with E-state index in [1.54, 1.807) is 17.9 Å². The molecule has 0 aromatic carbocycles. The number of hydrogen-bond acceptors (Lipinski definition) is 3. The Hall–Kier alpha value is -1.78. The van der Waals surface area contributed by atoms with E-state index in [0.717, 1.165) is 6.42 Å². The zero-order chi connectivity index (χ0) is 11.5. The lowest BCUT2D eigenvalue weighted by molar-refractivity contribution is -0.121. The summed E-state index contributed by atoms with van der Waals surface area (Å²) in [5.74, 6) is 0.447. The molecule has 16 heavy (non-hydrogen) atoms. The van der Waals surface area contributed by atoms with Crippen LogP contribution in [0.1, 0.15) is 22.5 Å². The average Bonchev–Trinajstić information content (AvgIpc) is 2.56. The van der Waals surface area contributed by atoms with Crippen molar-refractivity contribution in [2.24, 2.45) is 0 Å². The first-order valence-electron chi connectivity index (χ1n) is 5.28. The lowest BCUT2D eigenvalue weighted by Crippen LogP contribution is -2.37. The van der Waals surface area contributed by atoms with Gasteiger partial charge in [0.15, 0.2) is 0 Å². The Morgan fingerprint density at radius 2 is 2.38 bits per heavy atom. The van der Waals surface area contributed by atoms with Crippen molar-refractivity contribution in [3.8, 4) is 0 Å². The highest BCUT2D eigenvalue weighted by Gasteiger charge is 2.21. The summed E-state index contributed by atoms with van der Waals surface area (Å²) in [4.78, 5) is 24.9. The summed E-state index contributed by atoms with van der Waals surface area (Å²) >= 11 is 0. The highest BCUT2D eigenvalue weighted by molar-refractivity contribution is 5.96. The second kappa shape index (κ2) is 4.38. The zero-order valence-electron chi connectivity index (χ0n) is 9.16. The summed E-state index contributed by atoms with van der Waals surface area (Å²) in [5, 5.41) is 2.73. The first-order valence-corrected chi connectivity index (χ1v) is 5.28. The molecule has 1 saturated heterocycles. The summed E-state index contributed by atoms with van der Waals surface area (Å²) in [6.07, 6.45) is 2.22. The molecule has 2 heterocycles. The van der Waals surface area contributed by atoms with Crippen LogP contribution in [0, 0.1) is 6.92 Å². The average molecular weight is 222 g/mol. The van der Waals surface area contributed by atoms with E-state index in [1.807, 2.05) is 0 Å². The van der Waals surface area contributed by atoms with E-state index in [4.69, 9.17) is 4.42 Å². The normalized spacial score (nSPS) is 16.8. The number of nitrogens with zero attached hydrogens (tertiary/aromatic N) is 1. The van der Waals surface area contributed by atoms with E-state index in [-0.39, 0.29) is 18.4 Å². The van der Waals surface area contributed by atoms with Crippen LogP contribution in [-0.2, 0) is 4.79 Å². The largest absolute Gasteiger partial charge is 0.469 e. The molecule has 5 nitrogen and oxygen atoms in total. The van der Waals surface area contributed by atoms with Gasteiger partial charge in [-0.1, -0.05) is 0 Å². The van der Waals surface area contributed by atoms with E-state index in [0.29, 0.717) is 24.4 Å². The molecule has 2 rings (SSSR count). The van der Waals surface area contributed by atoms with Gasteiger partial charge in [-0.2, -0.15) is 0 Å². The van der Waals surface area contributed by atoms with Gasteiger partial charge < -0.3 is 14.6 Å². The molecule has 0 radical (unpaired) electrons. The summed E-state index contributed by atoms with van der Waals surface area (Å²) in [5.41, 5.74) is 0.507. The maximum atomic E-state index is 12.0. The molecule has 5 heteroatoms. The van der Waals surface area contributed by atoms with Crippen LogP contribution >= 0.6 is 0 Å². The van der Waals surface area contributed by atoms with Crippen molar-refractivity contribution in [3.05, 3.63) is 23.7 Å². The Morgan fingerprint density at radius 3 is 3.06 bits per heavy atom. The first-order chi connectivity index (χ1) is 7.66. The van der Waals surface area contributed by atoms with Gasteiger partial charge in [-0.05, 0) is 19.4 Å². The lowest BCUT2D eigenvalue weighted by atomic mass is 10.2. The fraction of sp³-hybridized carbons (Fsp3) is 0.455. The number of aryl methyl sites for hydroxylation is 1. The molecule has 1 aliphatic rings. The number of hydrogen-bond donors (Lipinski definition) is 1. The standard InChI is InChI=1S/C11H14N2O3/c1-8-5-9(7-16-8)11(15)13-4-2-3-12-10(14)6-13/h5,7H,2-4,6H2,1H3,(H,12,14). The molecule has 0 spiro atoms. The molecule has 1 aromatic rings. The fourth-order valence-electron chi connectivity index (χ4n) is 1.72. The molecule has 0 atom stereocenters. The van der Waals surface area contributed by atoms with Gasteiger partial charge in [-0.15, -0.1) is 0 Å². The monoisotopic (exact) mass is 222 g/mol. The molecule has 1 aliphatic heterocycles. The highest BCUT2D eigenvalue weighted by atomic mass is 16.3. The quantitative estimate of drug-likeness (QED) is 0.754. The van der Waals surface area contributed by atoms with Crippen molar-refractivity contribution in [1.82, 2.24) is 10.2 Å². The van der Waals surface area contributed by atoms with Gasteiger partial charge in [-0.25, -0.2) is 0 Å². The van der Waals surface area contributed by atoms with E-state index < -0.39 is 0 Å². The van der Waals surface area contributed by atoms with Gasteiger partial charge in [0.1, 0.15) is 12.0 Å². The lowest BCUT2D eigenvalue weighted by Gasteiger charge is -2.17. The van der Waals surface area contributed by atoms with Gasteiger partial charge in [0.2, 0.25) is 5.91 Å². The molecular formula is C11H14N2O3. The van der Waals surface area contributed by atoms with Gasteiger partial charge in [0.05, 0.1) is 12.1 Å². The predicted molar refractivity (Wildman–Crippen MR) is 57.0 cm³/mol. The molecule has 0 saturated carbocycles. The number of carbonyl (C=O) groups excluding carboxylic acids is 2. The van der Waals surface area contributed by atoms with Crippen LogP contribution in [0.15, 0.2) is 16.7 Å². The Balaban J connectivity index is 2.11. The first kappa shape index (κ1) is 10.7. The molecule has 1 fully saturated rings. The number of rotatable bonds is 1. The summed E-state index contributed by atoms with van der Waals surface area (Å²) < 4.78 is 5.09. The predicted octanol–water partition coefficient (Wildman–Crippen LogP) is 0.550. The minimum absolute atomic E-state index is 0.105. The maximum absolute atomic E-state index is 12.0. The third-order valence-electron chi connectivity index (χ3n) is 2.53. The minimum Gasteiger partial charge on any atom is -0.469 e. The fourth-order valence-corrected chi connectivity index (χ4v) is 1.72. The number of carbonyl (C=O) groups is 2. The molecule has 86 valence electrons. The van der Waals surface area contributed by atoms with Crippen molar-refractivity contribution >= 4 is 11.8 Å². The van der Waals surface area contributed by atoms with Crippen LogP contribution in [0.25, 0.3) is 0 Å². The number of furan rings is 1. The van der Waals surface area contributed by atoms with Crippen LogP contribution in [-0.4, -0.2) is 36.3 Å². The van der Waals surface area contributed by atoms with Crippen LogP contribution in [0.5, 0.6) is 0 Å². The SMILES string of the molecule is Cc1cc(C(=O)N2CCCNC(=O)C2)co1. The summed E-state index contributed by atoms with van der Waals surface area (Å²) in [7, 11) is 0. The molecule has 1 aromatic heterocycles. The van der Waals surface area contributed by atoms with Crippen molar-refractivity contribution in [3.63, 3.8) is 0 Å². The Labute approximate surface area is 93.4 Å². The molecule has 0 bridgehead atoms. The Kier molecular flexibility index (Phi) is 2.94. The van der Waals surface area contributed by atoms with Crippen LogP contribution in [0.3, 0.4) is 0 Å². The van der Waals surface area contributed by atoms with Crippen molar-refractivity contribution in [1.29, 1.82) is 0 Å². The van der Waals surface area contributed by atoms with Gasteiger partial charge in [0, 0.05) is 13.1 Å². The summed E-state index contributed by atoms with van der Waals surface area (Å²) in [6.45, 7) is 3.14.